The Balaban J connectivity index is 2.20. The molecule has 0 saturated carbocycles. The molecule has 2 aromatic rings. The van der Waals surface area contributed by atoms with Crippen molar-refractivity contribution in [3.63, 3.8) is 0 Å². The van der Waals surface area contributed by atoms with Gasteiger partial charge in [0, 0.05) is 23.5 Å². The van der Waals surface area contributed by atoms with E-state index in [-0.39, 0.29) is 5.78 Å². The van der Waals surface area contributed by atoms with Crippen molar-refractivity contribution in [1.29, 1.82) is 0 Å². The van der Waals surface area contributed by atoms with Crippen LogP contribution in [0.15, 0.2) is 48.8 Å². The Hall–Kier alpha value is -1.96. The maximum Gasteiger partial charge on any atom is 0.194 e. The molecule has 0 bridgehead atoms. The van der Waals surface area contributed by atoms with E-state index in [1.54, 1.807) is 24.5 Å². The van der Waals surface area contributed by atoms with Crippen LogP contribution in [-0.4, -0.2) is 10.8 Å². The van der Waals surface area contributed by atoms with Gasteiger partial charge >= 0.3 is 0 Å². The van der Waals surface area contributed by atoms with Crippen molar-refractivity contribution in [1.82, 2.24) is 4.98 Å². The summed E-state index contributed by atoms with van der Waals surface area (Å²) in [7, 11) is 0. The van der Waals surface area contributed by atoms with Crippen LogP contribution in [0.25, 0.3) is 0 Å². The van der Waals surface area contributed by atoms with E-state index in [4.69, 9.17) is 0 Å². The summed E-state index contributed by atoms with van der Waals surface area (Å²) in [6.45, 7) is 2.15. The van der Waals surface area contributed by atoms with Gasteiger partial charge in [-0.3, -0.25) is 9.78 Å². The van der Waals surface area contributed by atoms with E-state index >= 15 is 0 Å². The monoisotopic (exact) mass is 225 g/mol. The maximum absolute atomic E-state index is 12.1. The molecular weight excluding hydrogens is 210 g/mol. The Bertz CT molecular complexity index is 488. The second-order valence-electron chi connectivity index (χ2n) is 4.02. The molecule has 1 aromatic heterocycles. The largest absolute Gasteiger partial charge is 0.289 e. The van der Waals surface area contributed by atoms with Crippen molar-refractivity contribution >= 4 is 5.78 Å². The molecule has 0 amide bonds. The van der Waals surface area contributed by atoms with E-state index < -0.39 is 0 Å². The summed E-state index contributed by atoms with van der Waals surface area (Å²) in [4.78, 5) is 16.0. The second kappa shape index (κ2) is 5.39. The number of hydrogen-bond donors (Lipinski definition) is 0. The van der Waals surface area contributed by atoms with Crippen molar-refractivity contribution < 1.29 is 4.79 Å². The summed E-state index contributed by atoms with van der Waals surface area (Å²) < 4.78 is 0. The Morgan fingerprint density at radius 1 is 1.12 bits per heavy atom. The highest BCUT2D eigenvalue weighted by molar-refractivity contribution is 6.08. The third-order valence-corrected chi connectivity index (χ3v) is 2.68. The number of carbonyl (C=O) groups excluding carboxylic acids is 1. The average Bonchev–Trinajstić information content (AvgIpc) is 2.40. The van der Waals surface area contributed by atoms with Crippen LogP contribution in [0.4, 0.5) is 0 Å². The number of benzene rings is 1. The standard InChI is InChI=1S/C15H15NO/c1-2-4-12-6-8-13(9-7-12)15(17)14-5-3-10-16-11-14/h3,5-11H,2,4H2,1H3. The van der Waals surface area contributed by atoms with Gasteiger partial charge in [0.1, 0.15) is 0 Å². The normalized spacial score (nSPS) is 10.2. The molecule has 0 fully saturated rings. The van der Waals surface area contributed by atoms with Crippen LogP contribution >= 0.6 is 0 Å². The number of pyridine rings is 1. The van der Waals surface area contributed by atoms with Gasteiger partial charge in [-0.15, -0.1) is 0 Å². The summed E-state index contributed by atoms with van der Waals surface area (Å²) in [5, 5.41) is 0. The molecule has 0 aliphatic rings. The van der Waals surface area contributed by atoms with Crippen LogP contribution in [0.2, 0.25) is 0 Å². The van der Waals surface area contributed by atoms with E-state index in [1.165, 1.54) is 5.56 Å². The zero-order valence-corrected chi connectivity index (χ0v) is 9.89. The first kappa shape index (κ1) is 11.5. The quantitative estimate of drug-likeness (QED) is 0.747. The molecule has 0 N–H and O–H groups in total. The predicted octanol–water partition coefficient (Wildman–Crippen LogP) is 3.27. The number of nitrogens with zero attached hydrogens (tertiary/aromatic N) is 1. The summed E-state index contributed by atoms with van der Waals surface area (Å²) in [6.07, 6.45) is 5.45. The third kappa shape index (κ3) is 2.78. The fraction of sp³-hybridized carbons (Fsp3) is 0.200. The van der Waals surface area contributed by atoms with Crippen molar-refractivity contribution in [3.8, 4) is 0 Å². The summed E-state index contributed by atoms with van der Waals surface area (Å²) in [6, 6.07) is 11.4. The summed E-state index contributed by atoms with van der Waals surface area (Å²) in [5.74, 6) is 0.0288. The molecule has 0 aliphatic heterocycles. The lowest BCUT2D eigenvalue weighted by Crippen LogP contribution is -2.01. The Kier molecular flexibility index (Phi) is 3.66. The van der Waals surface area contributed by atoms with E-state index in [0.717, 1.165) is 18.4 Å². The zero-order chi connectivity index (χ0) is 12.1. The number of hydrogen-bond acceptors (Lipinski definition) is 2. The molecule has 2 heteroatoms. The Morgan fingerprint density at radius 3 is 2.47 bits per heavy atom. The second-order valence-corrected chi connectivity index (χ2v) is 4.02. The minimum absolute atomic E-state index is 0.0288. The highest BCUT2D eigenvalue weighted by atomic mass is 16.1. The van der Waals surface area contributed by atoms with Gasteiger partial charge in [-0.25, -0.2) is 0 Å². The van der Waals surface area contributed by atoms with E-state index in [2.05, 4.69) is 11.9 Å². The lowest BCUT2D eigenvalue weighted by atomic mass is 10.0. The zero-order valence-electron chi connectivity index (χ0n) is 9.89. The lowest BCUT2D eigenvalue weighted by Gasteiger charge is -2.02. The van der Waals surface area contributed by atoms with Gasteiger partial charge in [0.25, 0.3) is 0 Å². The van der Waals surface area contributed by atoms with Gasteiger partial charge < -0.3 is 0 Å². The molecule has 0 atom stereocenters. The number of carbonyl (C=O) groups is 1. The molecule has 0 radical (unpaired) electrons. The smallest absolute Gasteiger partial charge is 0.194 e. The van der Waals surface area contributed by atoms with Crippen LogP contribution in [0.5, 0.6) is 0 Å². The first-order valence-electron chi connectivity index (χ1n) is 5.85. The van der Waals surface area contributed by atoms with Crippen molar-refractivity contribution in [2.45, 2.75) is 19.8 Å². The van der Waals surface area contributed by atoms with Crippen molar-refractivity contribution in [3.05, 3.63) is 65.5 Å². The molecule has 1 heterocycles. The molecular formula is C15H15NO. The van der Waals surface area contributed by atoms with E-state index in [0.29, 0.717) is 5.56 Å². The van der Waals surface area contributed by atoms with Crippen LogP contribution in [0.3, 0.4) is 0 Å². The molecule has 2 rings (SSSR count). The van der Waals surface area contributed by atoms with E-state index in [9.17, 15) is 4.79 Å². The lowest BCUT2D eigenvalue weighted by molar-refractivity contribution is 0.103. The van der Waals surface area contributed by atoms with Crippen LogP contribution < -0.4 is 0 Å². The topological polar surface area (TPSA) is 30.0 Å². The van der Waals surface area contributed by atoms with Crippen molar-refractivity contribution in [2.75, 3.05) is 0 Å². The van der Waals surface area contributed by atoms with Gasteiger partial charge in [-0.1, -0.05) is 37.6 Å². The van der Waals surface area contributed by atoms with Crippen LogP contribution in [-0.2, 0) is 6.42 Å². The minimum atomic E-state index is 0.0288. The summed E-state index contributed by atoms with van der Waals surface area (Å²) in [5.41, 5.74) is 2.63. The number of ketones is 1. The molecule has 2 nitrogen and oxygen atoms in total. The van der Waals surface area contributed by atoms with Gasteiger partial charge in [0.05, 0.1) is 0 Å². The molecule has 0 unspecified atom stereocenters. The molecule has 0 saturated heterocycles. The van der Waals surface area contributed by atoms with E-state index in [1.807, 2.05) is 24.3 Å². The van der Waals surface area contributed by atoms with Crippen molar-refractivity contribution in [2.24, 2.45) is 0 Å². The van der Waals surface area contributed by atoms with Gasteiger partial charge in [-0.05, 0) is 24.1 Å². The number of aromatic nitrogens is 1. The first-order valence-corrected chi connectivity index (χ1v) is 5.85. The Morgan fingerprint density at radius 2 is 1.88 bits per heavy atom. The highest BCUT2D eigenvalue weighted by Gasteiger charge is 2.08. The number of rotatable bonds is 4. The molecule has 0 aliphatic carbocycles. The third-order valence-electron chi connectivity index (χ3n) is 2.68. The average molecular weight is 225 g/mol. The first-order chi connectivity index (χ1) is 8.31. The molecule has 17 heavy (non-hydrogen) atoms. The van der Waals surface area contributed by atoms with Crippen LogP contribution in [0, 0.1) is 0 Å². The number of aryl methyl sites for hydroxylation is 1. The Labute approximate surface area is 101 Å². The fourth-order valence-corrected chi connectivity index (χ4v) is 1.78. The minimum Gasteiger partial charge on any atom is -0.289 e. The molecule has 0 spiro atoms. The molecule has 1 aromatic carbocycles. The van der Waals surface area contributed by atoms with Crippen LogP contribution in [0.1, 0.15) is 34.8 Å². The van der Waals surface area contributed by atoms with Gasteiger partial charge in [-0.2, -0.15) is 0 Å². The van der Waals surface area contributed by atoms with Gasteiger partial charge in [0.2, 0.25) is 0 Å². The summed E-state index contributed by atoms with van der Waals surface area (Å²) >= 11 is 0. The molecule has 86 valence electrons. The highest BCUT2D eigenvalue weighted by Crippen LogP contribution is 2.11. The van der Waals surface area contributed by atoms with Gasteiger partial charge in [0.15, 0.2) is 5.78 Å². The fourth-order valence-electron chi connectivity index (χ4n) is 1.78. The predicted molar refractivity (Wildman–Crippen MR) is 68.1 cm³/mol. The maximum atomic E-state index is 12.1. The SMILES string of the molecule is CCCc1ccc(C(=O)c2cccnc2)cc1.